The van der Waals surface area contributed by atoms with E-state index in [2.05, 4.69) is 54.2 Å². The zero-order chi connectivity index (χ0) is 12.7. The van der Waals surface area contributed by atoms with Crippen LogP contribution in [0.4, 0.5) is 17.1 Å². The molecule has 92 valence electrons. The van der Waals surface area contributed by atoms with Crippen LogP contribution in [0.25, 0.3) is 0 Å². The third-order valence-corrected chi connectivity index (χ3v) is 3.58. The molecule has 0 unspecified atom stereocenters. The summed E-state index contributed by atoms with van der Waals surface area (Å²) in [5, 5.41) is 0. The molecule has 0 saturated carbocycles. The number of anilines is 3. The van der Waals surface area contributed by atoms with E-state index in [4.69, 9.17) is 5.73 Å². The van der Waals surface area contributed by atoms with Gasteiger partial charge in [-0.15, -0.1) is 0 Å². The summed E-state index contributed by atoms with van der Waals surface area (Å²) >= 11 is 0. The molecule has 0 aromatic heterocycles. The summed E-state index contributed by atoms with van der Waals surface area (Å²) in [4.78, 5) is 4.56. The Morgan fingerprint density at radius 2 is 1.50 bits per heavy atom. The lowest BCUT2D eigenvalue weighted by molar-refractivity contribution is 0.695. The number of hydrogen-bond acceptors (Lipinski definition) is 3. The van der Waals surface area contributed by atoms with Crippen molar-refractivity contribution in [2.75, 3.05) is 29.6 Å². The molecule has 0 spiro atoms. The number of hydrogen-bond donors (Lipinski definition) is 1. The normalized spacial score (nSPS) is 15.0. The topological polar surface area (TPSA) is 32.5 Å². The van der Waals surface area contributed by atoms with Gasteiger partial charge in [-0.1, -0.05) is 24.3 Å². The molecule has 0 radical (unpaired) electrons. The summed E-state index contributed by atoms with van der Waals surface area (Å²) < 4.78 is 0. The predicted molar refractivity (Wildman–Crippen MR) is 76.8 cm³/mol. The van der Waals surface area contributed by atoms with Gasteiger partial charge in [0.2, 0.25) is 0 Å². The lowest BCUT2D eigenvalue weighted by atomic mass is 10.1. The molecule has 3 nitrogen and oxygen atoms in total. The summed E-state index contributed by atoms with van der Waals surface area (Å²) in [6.45, 7) is 0. The average Bonchev–Trinajstić information content (AvgIpc) is 2.63. The average molecular weight is 239 g/mol. The van der Waals surface area contributed by atoms with Gasteiger partial charge in [0.05, 0.1) is 11.4 Å². The van der Waals surface area contributed by atoms with Crippen molar-refractivity contribution < 1.29 is 0 Å². The highest BCUT2D eigenvalue weighted by molar-refractivity contribution is 5.77. The second-order valence-corrected chi connectivity index (χ2v) is 4.75. The maximum Gasteiger partial charge on any atom is 0.128 e. The Morgan fingerprint density at radius 1 is 0.889 bits per heavy atom. The van der Waals surface area contributed by atoms with E-state index in [0.29, 0.717) is 0 Å². The van der Waals surface area contributed by atoms with Crippen LogP contribution in [-0.2, 0) is 0 Å². The zero-order valence-electron chi connectivity index (χ0n) is 10.7. The minimum absolute atomic E-state index is 0.214. The van der Waals surface area contributed by atoms with Gasteiger partial charge in [0.1, 0.15) is 6.17 Å². The van der Waals surface area contributed by atoms with E-state index in [0.717, 1.165) is 5.69 Å². The molecular weight excluding hydrogens is 222 g/mol. The van der Waals surface area contributed by atoms with E-state index in [1.807, 2.05) is 18.2 Å². The van der Waals surface area contributed by atoms with Crippen molar-refractivity contribution in [1.82, 2.24) is 0 Å². The van der Waals surface area contributed by atoms with Crippen molar-refractivity contribution in [1.29, 1.82) is 0 Å². The van der Waals surface area contributed by atoms with Crippen LogP contribution in [0.15, 0.2) is 48.5 Å². The Morgan fingerprint density at radius 3 is 2.06 bits per heavy atom. The molecule has 0 aliphatic carbocycles. The van der Waals surface area contributed by atoms with Crippen molar-refractivity contribution in [3.05, 3.63) is 54.1 Å². The van der Waals surface area contributed by atoms with Crippen LogP contribution >= 0.6 is 0 Å². The van der Waals surface area contributed by atoms with Crippen molar-refractivity contribution in [2.24, 2.45) is 0 Å². The summed E-state index contributed by atoms with van der Waals surface area (Å²) in [7, 11) is 4.24. The number of benzene rings is 2. The minimum atomic E-state index is 0.214. The first-order valence-electron chi connectivity index (χ1n) is 6.08. The smallest absolute Gasteiger partial charge is 0.128 e. The van der Waals surface area contributed by atoms with Crippen molar-refractivity contribution in [3.8, 4) is 0 Å². The number of fused-ring (bicyclic) bond motifs is 1. The third kappa shape index (κ3) is 1.51. The van der Waals surface area contributed by atoms with Gasteiger partial charge in [0.25, 0.3) is 0 Å². The van der Waals surface area contributed by atoms with Gasteiger partial charge in [-0.2, -0.15) is 0 Å². The van der Waals surface area contributed by atoms with Gasteiger partial charge < -0.3 is 15.5 Å². The fraction of sp³-hybridized carbons (Fsp3) is 0.200. The SMILES string of the molecule is CN1c2ccccc2N(C)C1c1cccc(N)c1. The Balaban J connectivity index is 2.06. The maximum atomic E-state index is 5.89. The van der Waals surface area contributed by atoms with Crippen LogP contribution in [0.1, 0.15) is 11.7 Å². The van der Waals surface area contributed by atoms with E-state index in [1.54, 1.807) is 0 Å². The van der Waals surface area contributed by atoms with Gasteiger partial charge in [-0.25, -0.2) is 0 Å². The highest BCUT2D eigenvalue weighted by atomic mass is 15.4. The second-order valence-electron chi connectivity index (χ2n) is 4.75. The maximum absolute atomic E-state index is 5.89. The van der Waals surface area contributed by atoms with Gasteiger partial charge in [-0.3, -0.25) is 0 Å². The molecular formula is C15H17N3. The van der Waals surface area contributed by atoms with Crippen LogP contribution in [0.5, 0.6) is 0 Å². The Labute approximate surface area is 107 Å². The largest absolute Gasteiger partial charge is 0.399 e. The summed E-state index contributed by atoms with van der Waals surface area (Å²) in [5.41, 5.74) is 10.4. The highest BCUT2D eigenvalue weighted by Gasteiger charge is 2.31. The summed E-state index contributed by atoms with van der Waals surface area (Å²) in [5.74, 6) is 0. The summed E-state index contributed by atoms with van der Waals surface area (Å²) in [6.07, 6.45) is 0.214. The van der Waals surface area contributed by atoms with Gasteiger partial charge in [0.15, 0.2) is 0 Å². The van der Waals surface area contributed by atoms with Crippen molar-refractivity contribution >= 4 is 17.1 Å². The van der Waals surface area contributed by atoms with Crippen LogP contribution in [0, 0.1) is 0 Å². The fourth-order valence-electron chi connectivity index (χ4n) is 2.75. The first-order valence-corrected chi connectivity index (χ1v) is 6.08. The third-order valence-electron chi connectivity index (χ3n) is 3.58. The van der Waals surface area contributed by atoms with Gasteiger partial charge in [0, 0.05) is 19.8 Å². The lowest BCUT2D eigenvalue weighted by Crippen LogP contribution is -2.30. The second kappa shape index (κ2) is 3.95. The number of para-hydroxylation sites is 2. The molecule has 2 aromatic carbocycles. The van der Waals surface area contributed by atoms with Crippen molar-refractivity contribution in [2.45, 2.75) is 6.17 Å². The Hall–Kier alpha value is -2.16. The lowest BCUT2D eigenvalue weighted by Gasteiger charge is -2.28. The van der Waals surface area contributed by atoms with Crippen LogP contribution in [0.3, 0.4) is 0 Å². The standard InChI is InChI=1S/C15H17N3/c1-17-13-8-3-4-9-14(13)18(2)15(17)11-6-5-7-12(16)10-11/h3-10,15H,16H2,1-2H3. The molecule has 18 heavy (non-hydrogen) atoms. The van der Waals surface area contributed by atoms with E-state index >= 15 is 0 Å². The summed E-state index contributed by atoms with van der Waals surface area (Å²) in [6, 6.07) is 16.6. The van der Waals surface area contributed by atoms with Crippen LogP contribution < -0.4 is 15.5 Å². The van der Waals surface area contributed by atoms with Gasteiger partial charge >= 0.3 is 0 Å². The number of nitrogens with zero attached hydrogens (tertiary/aromatic N) is 2. The number of rotatable bonds is 1. The van der Waals surface area contributed by atoms with Crippen molar-refractivity contribution in [3.63, 3.8) is 0 Å². The first kappa shape index (κ1) is 11.0. The molecule has 1 heterocycles. The molecule has 0 saturated heterocycles. The molecule has 1 aliphatic heterocycles. The molecule has 3 rings (SSSR count). The van der Waals surface area contributed by atoms with Gasteiger partial charge in [-0.05, 0) is 29.8 Å². The molecule has 3 heteroatoms. The van der Waals surface area contributed by atoms with E-state index in [9.17, 15) is 0 Å². The molecule has 2 N–H and O–H groups in total. The molecule has 1 aliphatic rings. The van der Waals surface area contributed by atoms with E-state index in [-0.39, 0.29) is 6.17 Å². The monoisotopic (exact) mass is 239 g/mol. The molecule has 2 aromatic rings. The highest BCUT2D eigenvalue weighted by Crippen LogP contribution is 2.44. The molecule has 0 fully saturated rings. The van der Waals surface area contributed by atoms with E-state index in [1.165, 1.54) is 16.9 Å². The minimum Gasteiger partial charge on any atom is -0.399 e. The Bertz CT molecular complexity index is 550. The first-order chi connectivity index (χ1) is 8.68. The molecule has 0 amide bonds. The fourth-order valence-corrected chi connectivity index (χ4v) is 2.75. The van der Waals surface area contributed by atoms with Crippen LogP contribution in [-0.4, -0.2) is 14.1 Å². The zero-order valence-corrected chi connectivity index (χ0v) is 10.7. The molecule has 0 bridgehead atoms. The van der Waals surface area contributed by atoms with E-state index < -0.39 is 0 Å². The Kier molecular flexibility index (Phi) is 2.40. The predicted octanol–water partition coefficient (Wildman–Crippen LogP) is 2.85. The number of nitrogens with two attached hydrogens (primary N) is 1. The number of nitrogen functional groups attached to an aromatic ring is 1. The quantitative estimate of drug-likeness (QED) is 0.777. The molecule has 0 atom stereocenters. The van der Waals surface area contributed by atoms with Crippen LogP contribution in [0.2, 0.25) is 0 Å².